The van der Waals surface area contributed by atoms with Gasteiger partial charge in [0.15, 0.2) is 11.2 Å². The Balaban J connectivity index is 1.86. The highest BCUT2D eigenvalue weighted by Crippen LogP contribution is 2.32. The third-order valence-corrected chi connectivity index (χ3v) is 4.01. The van der Waals surface area contributed by atoms with Gasteiger partial charge >= 0.3 is 0 Å². The van der Waals surface area contributed by atoms with Gasteiger partial charge in [0.2, 0.25) is 5.95 Å². The van der Waals surface area contributed by atoms with Crippen molar-refractivity contribution < 1.29 is 14.6 Å². The lowest BCUT2D eigenvalue weighted by Gasteiger charge is -2.16. The molecule has 0 spiro atoms. The number of carbonyl (C=O) groups excluding carboxylic acids is 1. The highest BCUT2D eigenvalue weighted by molar-refractivity contribution is 5.80. The molecular weight excluding hydrogens is 302 g/mol. The van der Waals surface area contributed by atoms with Crippen molar-refractivity contribution in [1.29, 1.82) is 0 Å². The molecule has 0 saturated carbocycles. The lowest BCUT2D eigenvalue weighted by Crippen LogP contribution is -2.26. The summed E-state index contributed by atoms with van der Waals surface area (Å²) in [6.45, 7) is 3.62. The zero-order chi connectivity index (χ0) is 16.7. The summed E-state index contributed by atoms with van der Waals surface area (Å²) >= 11 is 0. The number of hydrogen-bond acceptors (Lipinski definition) is 7. The fourth-order valence-corrected chi connectivity index (χ4v) is 2.66. The number of H-pyrrole nitrogens is 1. The third-order valence-electron chi connectivity index (χ3n) is 4.01. The normalized spacial score (nSPS) is 24.6. The van der Waals surface area contributed by atoms with Gasteiger partial charge in [-0.05, 0) is 0 Å². The number of Topliss-reactive ketones (excluding diaryl/α,β-unsaturated/α-hetero) is 1. The molecule has 23 heavy (non-hydrogen) atoms. The Morgan fingerprint density at radius 2 is 2.35 bits per heavy atom. The number of fused-ring (bicyclic) bond motifs is 1. The van der Waals surface area contributed by atoms with Crippen LogP contribution in [0, 0.1) is 5.92 Å². The number of hydrogen-bond donors (Lipinski definition) is 3. The molecule has 2 aromatic rings. The lowest BCUT2D eigenvalue weighted by atomic mass is 10.0. The van der Waals surface area contributed by atoms with E-state index in [9.17, 15) is 14.7 Å². The van der Waals surface area contributed by atoms with Gasteiger partial charge in [-0.2, -0.15) is 4.98 Å². The maximum Gasteiger partial charge on any atom is 0.280 e. The molecule has 0 radical (unpaired) electrons. The van der Waals surface area contributed by atoms with E-state index in [-0.39, 0.29) is 36.0 Å². The number of anilines is 1. The van der Waals surface area contributed by atoms with Crippen LogP contribution in [0.25, 0.3) is 11.2 Å². The number of rotatable bonds is 4. The molecule has 9 nitrogen and oxygen atoms in total. The van der Waals surface area contributed by atoms with Gasteiger partial charge in [-0.15, -0.1) is 0 Å². The summed E-state index contributed by atoms with van der Waals surface area (Å²) in [5.74, 6) is -0.0997. The number of aromatic nitrogens is 4. The molecule has 0 bridgehead atoms. The first-order valence-electron chi connectivity index (χ1n) is 7.45. The maximum absolute atomic E-state index is 11.9. The van der Waals surface area contributed by atoms with Crippen molar-refractivity contribution in [2.75, 3.05) is 5.73 Å². The summed E-state index contributed by atoms with van der Waals surface area (Å²) in [5.41, 5.74) is 5.57. The van der Waals surface area contributed by atoms with Crippen molar-refractivity contribution >= 4 is 22.9 Å². The van der Waals surface area contributed by atoms with E-state index in [2.05, 4.69) is 15.0 Å². The van der Waals surface area contributed by atoms with Crippen molar-refractivity contribution in [3.05, 3.63) is 16.7 Å². The zero-order valence-electron chi connectivity index (χ0n) is 12.9. The Morgan fingerprint density at radius 3 is 3.04 bits per heavy atom. The summed E-state index contributed by atoms with van der Waals surface area (Å²) < 4.78 is 7.35. The second-order valence-electron chi connectivity index (χ2n) is 6.03. The first kappa shape index (κ1) is 15.6. The van der Waals surface area contributed by atoms with Crippen LogP contribution >= 0.6 is 0 Å². The van der Waals surface area contributed by atoms with E-state index in [0.29, 0.717) is 5.65 Å². The van der Waals surface area contributed by atoms with Crippen LogP contribution in [0.3, 0.4) is 0 Å². The Bertz CT molecular complexity index is 796. The van der Waals surface area contributed by atoms with Crippen LogP contribution in [0.5, 0.6) is 0 Å². The minimum absolute atomic E-state index is 0.0191. The molecule has 0 unspecified atom stereocenters. The van der Waals surface area contributed by atoms with E-state index >= 15 is 0 Å². The number of ether oxygens (including phenoxy) is 1. The van der Waals surface area contributed by atoms with E-state index in [0.717, 1.165) is 0 Å². The number of nitrogen functional groups attached to an aromatic ring is 1. The number of imidazole rings is 1. The molecule has 9 heteroatoms. The minimum atomic E-state index is -0.764. The van der Waals surface area contributed by atoms with Crippen molar-refractivity contribution in [2.24, 2.45) is 5.92 Å². The van der Waals surface area contributed by atoms with Crippen LogP contribution in [0.1, 0.15) is 32.9 Å². The summed E-state index contributed by atoms with van der Waals surface area (Å²) in [4.78, 5) is 34.1. The molecule has 1 saturated heterocycles. The van der Waals surface area contributed by atoms with Crippen LogP contribution in [0.15, 0.2) is 11.1 Å². The second-order valence-corrected chi connectivity index (χ2v) is 6.03. The molecule has 0 aliphatic carbocycles. The Kier molecular flexibility index (Phi) is 3.90. The minimum Gasteiger partial charge on any atom is -0.390 e. The van der Waals surface area contributed by atoms with Gasteiger partial charge in [0.05, 0.1) is 18.5 Å². The molecule has 3 rings (SSSR count). The molecule has 0 amide bonds. The Hall–Kier alpha value is -2.26. The highest BCUT2D eigenvalue weighted by atomic mass is 16.5. The smallest absolute Gasteiger partial charge is 0.280 e. The summed E-state index contributed by atoms with van der Waals surface area (Å²) in [7, 11) is 0. The summed E-state index contributed by atoms with van der Waals surface area (Å²) in [6.07, 6.45) is -0.0236. The van der Waals surface area contributed by atoms with Crippen molar-refractivity contribution in [2.45, 2.75) is 45.1 Å². The number of ketones is 1. The number of aromatic amines is 1. The number of nitrogens with one attached hydrogen (secondary N) is 1. The molecule has 124 valence electrons. The van der Waals surface area contributed by atoms with Crippen LogP contribution < -0.4 is 11.3 Å². The van der Waals surface area contributed by atoms with Gasteiger partial charge < -0.3 is 15.6 Å². The van der Waals surface area contributed by atoms with Gasteiger partial charge in [-0.1, -0.05) is 13.8 Å². The predicted octanol–water partition coefficient (Wildman–Crippen LogP) is -0.0346. The first-order chi connectivity index (χ1) is 10.9. The molecule has 1 aliphatic rings. The molecule has 3 heterocycles. The number of nitrogens with zero attached hydrogens (tertiary/aromatic N) is 3. The average Bonchev–Trinajstić information content (AvgIpc) is 3.03. The Morgan fingerprint density at radius 1 is 1.61 bits per heavy atom. The van der Waals surface area contributed by atoms with E-state index in [1.54, 1.807) is 4.57 Å². The van der Waals surface area contributed by atoms with E-state index in [1.807, 2.05) is 13.8 Å². The van der Waals surface area contributed by atoms with Gasteiger partial charge in [0.1, 0.15) is 12.0 Å². The van der Waals surface area contributed by atoms with Crippen LogP contribution in [-0.2, 0) is 9.53 Å². The number of aliphatic hydroxyl groups excluding tert-OH is 1. The number of aliphatic hydroxyl groups is 1. The fraction of sp³-hybridized carbons (Fsp3) is 0.571. The third kappa shape index (κ3) is 2.84. The van der Waals surface area contributed by atoms with Gasteiger partial charge in [0, 0.05) is 18.8 Å². The fourth-order valence-electron chi connectivity index (χ4n) is 2.66. The van der Waals surface area contributed by atoms with E-state index < -0.39 is 24.0 Å². The first-order valence-corrected chi connectivity index (χ1v) is 7.45. The van der Waals surface area contributed by atoms with Gasteiger partial charge in [-0.25, -0.2) is 4.98 Å². The van der Waals surface area contributed by atoms with Crippen molar-refractivity contribution in [3.63, 3.8) is 0 Å². The molecule has 1 fully saturated rings. The standard InChI is InChI=1S/C14H19N5O4/c1-6(2)7(20)3-9-8(21)4-10(23-9)19-5-16-11-12(19)17-14(15)18-13(11)22/h5-6,8-10,21H,3-4H2,1-2H3,(H3,15,17,18,22)/t8-,9+,10+/m0/s1. The average molecular weight is 321 g/mol. The van der Waals surface area contributed by atoms with Crippen LogP contribution in [0.2, 0.25) is 0 Å². The molecule has 0 aromatic carbocycles. The number of nitrogens with two attached hydrogens (primary N) is 1. The molecule has 4 N–H and O–H groups in total. The lowest BCUT2D eigenvalue weighted by molar-refractivity contribution is -0.126. The molecular formula is C14H19N5O4. The molecule has 3 atom stereocenters. The zero-order valence-corrected chi connectivity index (χ0v) is 12.9. The summed E-state index contributed by atoms with van der Waals surface area (Å²) in [5, 5.41) is 10.1. The maximum atomic E-state index is 11.9. The van der Waals surface area contributed by atoms with Crippen LogP contribution in [0.4, 0.5) is 5.95 Å². The molecule has 2 aromatic heterocycles. The van der Waals surface area contributed by atoms with Crippen molar-refractivity contribution in [1.82, 2.24) is 19.5 Å². The largest absolute Gasteiger partial charge is 0.390 e. The molecule has 1 aliphatic heterocycles. The topological polar surface area (TPSA) is 136 Å². The predicted molar refractivity (Wildman–Crippen MR) is 81.6 cm³/mol. The second kappa shape index (κ2) is 5.74. The van der Waals surface area contributed by atoms with E-state index in [1.165, 1.54) is 6.33 Å². The van der Waals surface area contributed by atoms with Gasteiger partial charge in [0.25, 0.3) is 5.56 Å². The quantitative estimate of drug-likeness (QED) is 0.719. The Labute approximate surface area is 131 Å². The number of carbonyl (C=O) groups is 1. The monoisotopic (exact) mass is 321 g/mol. The van der Waals surface area contributed by atoms with Crippen LogP contribution in [-0.4, -0.2) is 42.6 Å². The summed E-state index contributed by atoms with van der Waals surface area (Å²) in [6, 6.07) is 0. The van der Waals surface area contributed by atoms with E-state index in [4.69, 9.17) is 10.5 Å². The SMILES string of the molecule is CC(C)C(=O)C[C@H]1O[C@@H](n2cnc3c(=O)[nH]c(N)nc32)C[C@@H]1O. The highest BCUT2D eigenvalue weighted by Gasteiger charge is 2.37. The van der Waals surface area contributed by atoms with Crippen molar-refractivity contribution in [3.8, 4) is 0 Å². The van der Waals surface area contributed by atoms with Gasteiger partial charge in [-0.3, -0.25) is 19.1 Å².